The molecule has 3 N–H and O–H groups in total. The molecule has 38 heavy (non-hydrogen) atoms. The zero-order chi connectivity index (χ0) is 26.0. The zero-order valence-electron chi connectivity index (χ0n) is 26.0. The number of aliphatic hydroxyl groups is 3. The van der Waals surface area contributed by atoms with Crippen molar-refractivity contribution in [1.82, 2.24) is 0 Å². The van der Waals surface area contributed by atoms with Gasteiger partial charge in [0.25, 0.3) is 5.76 Å². The number of rotatable bonds is 22. The van der Waals surface area contributed by atoms with Gasteiger partial charge in [-0.15, -0.1) is 0 Å². The first-order valence-electron chi connectivity index (χ1n) is 14.0. The molecule has 0 aromatic carbocycles. The van der Waals surface area contributed by atoms with Crippen LogP contribution in [0.3, 0.4) is 0 Å². The van der Waals surface area contributed by atoms with Gasteiger partial charge in [-0.05, 0) is 18.3 Å². The summed E-state index contributed by atoms with van der Waals surface area (Å²) in [6, 6.07) is 1.80. The van der Waals surface area contributed by atoms with Gasteiger partial charge in [-0.3, -0.25) is 0 Å². The number of carbonyl (C=O) groups excluding carboxylic acids is 1. The van der Waals surface area contributed by atoms with Gasteiger partial charge in [-0.2, -0.15) is 0 Å². The second-order valence-corrected chi connectivity index (χ2v) is 10.8. The maximum absolute atomic E-state index is 12.0. The molecule has 1 aliphatic heterocycles. The van der Waals surface area contributed by atoms with Crippen LogP contribution in [0, 0.1) is 0 Å². The monoisotopic (exact) mass is 574 g/mol. The SMILES string of the molecule is CCCCCCCCCCCCCCCCCCOc1cc[pH]c1OC1=C(O)[C@@H]([C@@H](O)CO)OC1=O.[H-].[H-].[Na+].[Na+]. The molecule has 1 aromatic rings. The fourth-order valence-corrected chi connectivity index (χ4v) is 5.22. The van der Waals surface area contributed by atoms with Crippen LogP contribution in [0.1, 0.15) is 113 Å². The van der Waals surface area contributed by atoms with E-state index in [9.17, 15) is 15.0 Å². The Balaban J connectivity index is -0.00000342. The Morgan fingerprint density at radius 2 is 1.42 bits per heavy atom. The molecule has 2 heterocycles. The van der Waals surface area contributed by atoms with Crippen LogP contribution < -0.4 is 68.6 Å². The van der Waals surface area contributed by atoms with E-state index >= 15 is 0 Å². The topological polar surface area (TPSA) is 105 Å². The molecule has 0 saturated carbocycles. The first-order chi connectivity index (χ1) is 17.6. The van der Waals surface area contributed by atoms with E-state index in [0.717, 1.165) is 12.8 Å². The van der Waals surface area contributed by atoms with E-state index in [2.05, 4.69) is 6.92 Å². The quantitative estimate of drug-likeness (QED) is 0.108. The molecule has 7 nitrogen and oxygen atoms in total. The maximum Gasteiger partial charge on any atom is 1.00 e. The van der Waals surface area contributed by atoms with E-state index in [1.54, 1.807) is 6.07 Å². The third-order valence-electron chi connectivity index (χ3n) is 6.59. The van der Waals surface area contributed by atoms with Crippen molar-refractivity contribution < 1.29 is 96.3 Å². The fourth-order valence-electron chi connectivity index (χ4n) is 4.38. The molecule has 0 aliphatic carbocycles. The van der Waals surface area contributed by atoms with E-state index in [1.165, 1.54) is 89.9 Å². The summed E-state index contributed by atoms with van der Waals surface area (Å²) < 4.78 is 16.3. The van der Waals surface area contributed by atoms with Crippen molar-refractivity contribution in [2.75, 3.05) is 13.2 Å². The van der Waals surface area contributed by atoms with Crippen molar-refractivity contribution >= 4 is 14.2 Å². The second-order valence-electron chi connectivity index (χ2n) is 9.72. The average Bonchev–Trinajstić information content (AvgIpc) is 3.44. The van der Waals surface area contributed by atoms with Crippen LogP contribution in [0.2, 0.25) is 0 Å². The second kappa shape index (κ2) is 24.0. The minimum Gasteiger partial charge on any atom is -1.00 e. The fraction of sp³-hybridized carbons (Fsp3) is 0.750. The van der Waals surface area contributed by atoms with Gasteiger partial charge in [-0.25, -0.2) is 4.79 Å². The Kier molecular flexibility index (Phi) is 24.2. The van der Waals surface area contributed by atoms with Crippen molar-refractivity contribution in [3.63, 3.8) is 0 Å². The number of aliphatic hydroxyl groups excluding tert-OH is 3. The Bertz CT molecular complexity index is 784. The van der Waals surface area contributed by atoms with Gasteiger partial charge in [0.2, 0.25) is 0 Å². The van der Waals surface area contributed by atoms with Crippen molar-refractivity contribution in [2.45, 2.75) is 122 Å². The molecule has 0 radical (unpaired) electrons. The Morgan fingerprint density at radius 3 is 1.92 bits per heavy atom. The minimum absolute atomic E-state index is 0. The molecular formula is C28H49Na2O7P. The number of ether oxygens (including phenoxy) is 3. The van der Waals surface area contributed by atoms with Gasteiger partial charge in [0.15, 0.2) is 23.1 Å². The van der Waals surface area contributed by atoms with Crippen LogP contribution >= 0.6 is 8.19 Å². The number of hydrogen-bond acceptors (Lipinski definition) is 7. The molecule has 3 atom stereocenters. The standard InChI is InChI=1S/C28H47O7P.2Na.2H/c1-2-3-4-5-6-7-8-9-10-11-12-13-14-15-16-17-19-33-23-18-20-36-28(23)35-26-24(31)25(22(30)21-29)34-27(26)32;;;;/h18,20,22,25,29-31,36H,2-17,19,21H2,1H3;;;;/q;2*+1;2*-1/t22-,25+;;;;/m0..../s1. The van der Waals surface area contributed by atoms with Crippen LogP contribution in [0.4, 0.5) is 0 Å². The van der Waals surface area contributed by atoms with Gasteiger partial charge in [0.05, 0.1) is 13.2 Å². The van der Waals surface area contributed by atoms with Gasteiger partial charge in [0.1, 0.15) is 6.10 Å². The first kappa shape index (κ1) is 38.3. The normalized spacial score (nSPS) is 15.8. The largest absolute Gasteiger partial charge is 1.00 e. The van der Waals surface area contributed by atoms with E-state index in [4.69, 9.17) is 19.3 Å². The van der Waals surface area contributed by atoms with Gasteiger partial charge in [0, 0.05) is 0 Å². The summed E-state index contributed by atoms with van der Waals surface area (Å²) in [6.07, 6.45) is 18.4. The molecule has 0 fully saturated rings. The predicted octanol–water partition coefficient (Wildman–Crippen LogP) is 1.02. The van der Waals surface area contributed by atoms with Crippen molar-refractivity contribution in [3.8, 4) is 11.2 Å². The Hall–Kier alpha value is 0.310. The van der Waals surface area contributed by atoms with Crippen LogP contribution in [-0.4, -0.2) is 46.7 Å². The molecule has 0 bridgehead atoms. The van der Waals surface area contributed by atoms with Crippen molar-refractivity contribution in [3.05, 3.63) is 23.4 Å². The summed E-state index contributed by atoms with van der Waals surface area (Å²) in [6.45, 7) is 2.19. The van der Waals surface area contributed by atoms with E-state index in [-0.39, 0.29) is 75.9 Å². The molecule has 1 aliphatic rings. The summed E-state index contributed by atoms with van der Waals surface area (Å²) in [5.41, 5.74) is 0.448. The summed E-state index contributed by atoms with van der Waals surface area (Å²) in [5, 5.41) is 28.9. The number of esters is 1. The summed E-state index contributed by atoms with van der Waals surface area (Å²) >= 11 is 0. The number of hydrogen-bond donors (Lipinski definition) is 3. The van der Waals surface area contributed by atoms with Gasteiger partial charge >= 0.3 is 65.1 Å². The molecule has 10 heteroatoms. The van der Waals surface area contributed by atoms with Crippen LogP contribution in [0.15, 0.2) is 23.4 Å². The predicted molar refractivity (Wildman–Crippen MR) is 146 cm³/mol. The molecule has 210 valence electrons. The first-order valence-corrected chi connectivity index (χ1v) is 15.1. The number of carbonyl (C=O) groups is 1. The Labute approximate surface area is 278 Å². The van der Waals surface area contributed by atoms with Crippen LogP contribution in [-0.2, 0) is 9.53 Å². The van der Waals surface area contributed by atoms with Gasteiger partial charge < -0.3 is 32.4 Å². The zero-order valence-corrected chi connectivity index (χ0v) is 29.0. The third kappa shape index (κ3) is 14.8. The summed E-state index contributed by atoms with van der Waals surface area (Å²) in [5.74, 6) is 0.695. The molecule has 1 unspecified atom stereocenters. The Morgan fingerprint density at radius 1 is 0.921 bits per heavy atom. The number of cyclic esters (lactones) is 1. The third-order valence-corrected chi connectivity index (χ3v) is 7.53. The minimum atomic E-state index is -1.40. The van der Waals surface area contributed by atoms with E-state index in [0.29, 0.717) is 17.8 Å². The van der Waals surface area contributed by atoms with E-state index < -0.39 is 30.5 Å². The maximum atomic E-state index is 12.0. The summed E-state index contributed by atoms with van der Waals surface area (Å²) in [4.78, 5) is 12.0. The van der Waals surface area contributed by atoms with E-state index in [1.807, 2.05) is 5.80 Å². The number of unbranched alkanes of at least 4 members (excludes halogenated alkanes) is 15. The smallest absolute Gasteiger partial charge is 1.00 e. The van der Waals surface area contributed by atoms with Crippen LogP contribution in [0.25, 0.3) is 0 Å². The molecule has 0 spiro atoms. The molecule has 1 aromatic heterocycles. The van der Waals surface area contributed by atoms with Crippen LogP contribution in [0.5, 0.6) is 11.2 Å². The van der Waals surface area contributed by atoms with Crippen molar-refractivity contribution in [1.29, 1.82) is 0 Å². The van der Waals surface area contributed by atoms with Gasteiger partial charge in [-0.1, -0.05) is 111 Å². The van der Waals surface area contributed by atoms with Crippen molar-refractivity contribution in [2.24, 2.45) is 0 Å². The summed E-state index contributed by atoms with van der Waals surface area (Å²) in [7, 11) is 0.170. The molecule has 0 saturated heterocycles. The molecular weight excluding hydrogens is 525 g/mol. The molecule has 2 rings (SSSR count). The molecule has 0 amide bonds. The average molecular weight is 575 g/mol.